The summed E-state index contributed by atoms with van der Waals surface area (Å²) in [6.07, 6.45) is 0. The van der Waals surface area contributed by atoms with Crippen LogP contribution in [0, 0.1) is 0 Å². The van der Waals surface area contributed by atoms with Crippen LogP contribution in [0.3, 0.4) is 0 Å². The standard InChI is InChI=1S/C34H22ClNO2S/c35-24-19-20-30-29(21-24)34-28-18-10-9-17-27(28)31(22-11-3-1-4-12-22)32(34)25-15-7-8-16-26(25)33(36(34)39(30,37)38)23-13-5-2-6-14-23/h1-21,33H/t33-,34-/m1/s1. The van der Waals surface area contributed by atoms with E-state index in [2.05, 4.69) is 36.4 Å². The molecule has 0 unspecified atom stereocenters. The van der Waals surface area contributed by atoms with E-state index in [1.54, 1.807) is 16.4 Å². The summed E-state index contributed by atoms with van der Waals surface area (Å²) in [5, 5.41) is 0.514. The molecule has 2 heterocycles. The molecule has 0 fully saturated rings. The van der Waals surface area contributed by atoms with Crippen molar-refractivity contribution in [3.05, 3.63) is 171 Å². The Bertz CT molecular complexity index is 1950. The molecule has 0 aromatic heterocycles. The summed E-state index contributed by atoms with van der Waals surface area (Å²) in [5.41, 5.74) is 7.68. The number of fused-ring (bicyclic) bond motifs is 4. The zero-order chi connectivity index (χ0) is 26.4. The van der Waals surface area contributed by atoms with Crippen LogP contribution in [0.25, 0.3) is 11.1 Å². The number of halogens is 1. The van der Waals surface area contributed by atoms with Gasteiger partial charge in [0.25, 0.3) is 0 Å². The van der Waals surface area contributed by atoms with Crippen molar-refractivity contribution in [3.8, 4) is 0 Å². The Balaban J connectivity index is 1.64. The van der Waals surface area contributed by atoms with Crippen LogP contribution in [0.4, 0.5) is 0 Å². The van der Waals surface area contributed by atoms with E-state index in [0.29, 0.717) is 15.5 Å². The van der Waals surface area contributed by atoms with Crippen molar-refractivity contribution >= 4 is 32.8 Å². The zero-order valence-corrected chi connectivity index (χ0v) is 22.3. The van der Waals surface area contributed by atoms with Crippen LogP contribution in [0.15, 0.2) is 132 Å². The van der Waals surface area contributed by atoms with Gasteiger partial charge in [-0.25, -0.2) is 8.42 Å². The lowest BCUT2D eigenvalue weighted by Gasteiger charge is -2.47. The van der Waals surface area contributed by atoms with Crippen LogP contribution in [0.5, 0.6) is 0 Å². The van der Waals surface area contributed by atoms with Gasteiger partial charge in [-0.15, -0.1) is 0 Å². The predicted octanol–water partition coefficient (Wildman–Crippen LogP) is 7.66. The molecule has 1 aliphatic carbocycles. The van der Waals surface area contributed by atoms with Crippen LogP contribution in [0.2, 0.25) is 5.02 Å². The Kier molecular flexibility index (Phi) is 4.73. The lowest BCUT2D eigenvalue weighted by molar-refractivity contribution is 0.260. The molecule has 5 aromatic rings. The molecule has 39 heavy (non-hydrogen) atoms. The fourth-order valence-electron chi connectivity index (χ4n) is 7.00. The van der Waals surface area contributed by atoms with Crippen LogP contribution in [0.1, 0.15) is 45.0 Å². The van der Waals surface area contributed by atoms with Gasteiger partial charge < -0.3 is 0 Å². The van der Waals surface area contributed by atoms with Gasteiger partial charge in [0.15, 0.2) is 0 Å². The largest absolute Gasteiger partial charge is 0.245 e. The lowest BCUT2D eigenvalue weighted by atomic mass is 9.70. The van der Waals surface area contributed by atoms with E-state index in [-0.39, 0.29) is 0 Å². The molecule has 5 aromatic carbocycles. The maximum atomic E-state index is 14.8. The maximum Gasteiger partial charge on any atom is 0.245 e. The van der Waals surface area contributed by atoms with E-state index in [9.17, 15) is 8.42 Å². The molecule has 8 rings (SSSR count). The molecule has 3 nitrogen and oxygen atoms in total. The summed E-state index contributed by atoms with van der Waals surface area (Å²) in [6, 6.07) is 41.4. The highest BCUT2D eigenvalue weighted by atomic mass is 35.5. The topological polar surface area (TPSA) is 37.4 Å². The van der Waals surface area contributed by atoms with Gasteiger partial charge in [0.1, 0.15) is 5.54 Å². The molecule has 5 heteroatoms. The molecule has 188 valence electrons. The molecular formula is C34H22ClNO2S. The Hall–Kier alpha value is -3.96. The second-order valence-corrected chi connectivity index (χ2v) is 12.4. The van der Waals surface area contributed by atoms with Gasteiger partial charge in [-0.1, -0.05) is 121 Å². The van der Waals surface area contributed by atoms with Crippen molar-refractivity contribution in [2.75, 3.05) is 0 Å². The second-order valence-electron chi connectivity index (χ2n) is 10.2. The van der Waals surface area contributed by atoms with E-state index in [4.69, 9.17) is 11.6 Å². The summed E-state index contributed by atoms with van der Waals surface area (Å²) in [5.74, 6) is 0. The summed E-state index contributed by atoms with van der Waals surface area (Å²) in [6.45, 7) is 0. The number of hydrogen-bond acceptors (Lipinski definition) is 2. The highest BCUT2D eigenvalue weighted by molar-refractivity contribution is 7.89. The van der Waals surface area contributed by atoms with E-state index < -0.39 is 21.6 Å². The molecule has 2 atom stereocenters. The minimum absolute atomic E-state index is 0.308. The van der Waals surface area contributed by atoms with Crippen LogP contribution >= 0.6 is 11.6 Å². The minimum atomic E-state index is -3.93. The van der Waals surface area contributed by atoms with Crippen LogP contribution in [-0.2, 0) is 15.6 Å². The van der Waals surface area contributed by atoms with E-state index in [1.807, 2.05) is 78.9 Å². The first kappa shape index (κ1) is 23.0. The summed E-state index contributed by atoms with van der Waals surface area (Å²) < 4.78 is 31.3. The summed E-state index contributed by atoms with van der Waals surface area (Å²) in [7, 11) is -3.93. The Morgan fingerprint density at radius 3 is 2.08 bits per heavy atom. The number of benzene rings is 5. The monoisotopic (exact) mass is 543 g/mol. The van der Waals surface area contributed by atoms with Gasteiger partial charge in [0.2, 0.25) is 10.0 Å². The second kappa shape index (κ2) is 8.03. The molecule has 0 saturated carbocycles. The lowest BCUT2D eigenvalue weighted by Crippen LogP contribution is -2.50. The molecule has 0 N–H and O–H groups in total. The summed E-state index contributed by atoms with van der Waals surface area (Å²) >= 11 is 6.64. The Morgan fingerprint density at radius 2 is 1.31 bits per heavy atom. The van der Waals surface area contributed by atoms with Crippen molar-refractivity contribution in [1.29, 1.82) is 0 Å². The van der Waals surface area contributed by atoms with Crippen LogP contribution < -0.4 is 0 Å². The van der Waals surface area contributed by atoms with Gasteiger partial charge in [-0.2, -0.15) is 4.31 Å². The molecule has 0 saturated heterocycles. The quantitative estimate of drug-likeness (QED) is 0.229. The maximum absolute atomic E-state index is 14.8. The molecule has 0 radical (unpaired) electrons. The third-order valence-electron chi connectivity index (χ3n) is 8.33. The number of sulfonamides is 1. The van der Waals surface area contributed by atoms with Crippen molar-refractivity contribution < 1.29 is 8.42 Å². The van der Waals surface area contributed by atoms with Gasteiger partial charge in [0.05, 0.1) is 10.9 Å². The first-order valence-electron chi connectivity index (χ1n) is 12.9. The van der Waals surface area contributed by atoms with Gasteiger partial charge in [-0.3, -0.25) is 0 Å². The van der Waals surface area contributed by atoms with Gasteiger partial charge in [0, 0.05) is 10.6 Å². The Labute approximate surface area is 232 Å². The third-order valence-corrected chi connectivity index (χ3v) is 10.5. The van der Waals surface area contributed by atoms with Crippen molar-refractivity contribution in [2.24, 2.45) is 0 Å². The third kappa shape index (κ3) is 2.83. The highest BCUT2D eigenvalue weighted by Crippen LogP contribution is 2.68. The van der Waals surface area contributed by atoms with Crippen molar-refractivity contribution in [3.63, 3.8) is 0 Å². The van der Waals surface area contributed by atoms with Crippen LogP contribution in [-0.4, -0.2) is 12.7 Å². The first-order valence-corrected chi connectivity index (χ1v) is 14.8. The fraction of sp³-hybridized carbons (Fsp3) is 0.0588. The van der Waals surface area contributed by atoms with Crippen molar-refractivity contribution in [2.45, 2.75) is 16.5 Å². The van der Waals surface area contributed by atoms with Crippen molar-refractivity contribution in [1.82, 2.24) is 4.31 Å². The SMILES string of the molecule is O=S1(=O)c2ccc(Cl)cc2[C@@]23C(=C(c4ccccc4)c4ccccc42)c2ccccc2[C@@H](c2ccccc2)N31. The number of hydrogen-bond donors (Lipinski definition) is 0. The fourth-order valence-corrected chi connectivity index (χ4v) is 9.27. The highest BCUT2D eigenvalue weighted by Gasteiger charge is 2.66. The molecule has 0 bridgehead atoms. The molecule has 1 spiro atoms. The normalized spacial score (nSPS) is 22.0. The minimum Gasteiger partial charge on any atom is -0.207 e. The number of rotatable bonds is 2. The molecular weight excluding hydrogens is 522 g/mol. The molecule has 0 amide bonds. The predicted molar refractivity (Wildman–Crippen MR) is 155 cm³/mol. The Morgan fingerprint density at radius 1 is 0.667 bits per heavy atom. The average Bonchev–Trinajstić information content (AvgIpc) is 3.39. The summed E-state index contributed by atoms with van der Waals surface area (Å²) in [4.78, 5) is 0.308. The molecule has 3 aliphatic rings. The number of nitrogens with zero attached hydrogens (tertiary/aromatic N) is 1. The van der Waals surface area contributed by atoms with E-state index in [1.165, 1.54) is 0 Å². The smallest absolute Gasteiger partial charge is 0.207 e. The van der Waals surface area contributed by atoms with E-state index in [0.717, 1.165) is 44.5 Å². The van der Waals surface area contributed by atoms with E-state index >= 15 is 0 Å². The van der Waals surface area contributed by atoms with Gasteiger partial charge in [-0.05, 0) is 62.7 Å². The first-order chi connectivity index (χ1) is 19.0. The van der Waals surface area contributed by atoms with Gasteiger partial charge >= 0.3 is 0 Å². The average molecular weight is 544 g/mol. The molecule has 2 aliphatic heterocycles. The zero-order valence-electron chi connectivity index (χ0n) is 20.8.